The Morgan fingerprint density at radius 2 is 2.00 bits per heavy atom. The van der Waals surface area contributed by atoms with E-state index < -0.39 is 12.1 Å². The van der Waals surface area contributed by atoms with Gasteiger partial charge in [-0.1, -0.05) is 6.92 Å². The highest BCUT2D eigenvalue weighted by Gasteiger charge is 2.17. The number of pyridine rings is 1. The topological polar surface area (TPSA) is 92.3 Å². The lowest BCUT2D eigenvalue weighted by Gasteiger charge is -2.18. The van der Waals surface area contributed by atoms with Gasteiger partial charge in [0, 0.05) is 12.2 Å². The third-order valence-electron chi connectivity index (χ3n) is 3.04. The number of carbonyl (C=O) groups excluding carboxylic acids is 2. The number of anilines is 1. The van der Waals surface area contributed by atoms with Gasteiger partial charge in [-0.05, 0) is 39.3 Å². The van der Waals surface area contributed by atoms with E-state index in [0.717, 1.165) is 6.42 Å². The van der Waals surface area contributed by atoms with E-state index in [0.29, 0.717) is 18.2 Å². The van der Waals surface area contributed by atoms with Gasteiger partial charge in [-0.2, -0.15) is 0 Å². The van der Waals surface area contributed by atoms with E-state index in [9.17, 15) is 9.59 Å². The zero-order valence-electron chi connectivity index (χ0n) is 13.5. The smallest absolute Gasteiger partial charge is 0.320 e. The summed E-state index contributed by atoms with van der Waals surface area (Å²) in [5.74, 6) is 0.123. The lowest BCUT2D eigenvalue weighted by atomic mass is 10.2. The van der Waals surface area contributed by atoms with Crippen molar-refractivity contribution in [3.8, 4) is 5.88 Å². The minimum absolute atomic E-state index is 0.0719. The van der Waals surface area contributed by atoms with Crippen molar-refractivity contribution in [1.82, 2.24) is 15.6 Å². The largest absolute Gasteiger partial charge is 0.476 e. The third kappa shape index (κ3) is 5.59. The number of amides is 3. The van der Waals surface area contributed by atoms with Crippen LogP contribution in [0.25, 0.3) is 0 Å². The van der Waals surface area contributed by atoms with Crippen LogP contribution >= 0.6 is 0 Å². The van der Waals surface area contributed by atoms with Gasteiger partial charge in [0.2, 0.25) is 11.8 Å². The van der Waals surface area contributed by atoms with Gasteiger partial charge in [0.1, 0.15) is 11.7 Å². The van der Waals surface area contributed by atoms with Gasteiger partial charge < -0.3 is 20.7 Å². The average Bonchev–Trinajstić information content (AvgIpc) is 2.49. The molecule has 3 N–H and O–H groups in total. The minimum Gasteiger partial charge on any atom is -0.476 e. The van der Waals surface area contributed by atoms with Gasteiger partial charge in [-0.25, -0.2) is 9.78 Å². The molecular weight excluding hydrogens is 284 g/mol. The van der Waals surface area contributed by atoms with Crippen LogP contribution in [0, 0.1) is 0 Å². The van der Waals surface area contributed by atoms with Gasteiger partial charge in [0.05, 0.1) is 6.61 Å². The number of hydrogen-bond donors (Lipinski definition) is 3. The van der Waals surface area contributed by atoms with Gasteiger partial charge in [0.15, 0.2) is 0 Å². The molecule has 1 aromatic rings. The number of nitrogens with one attached hydrogen (secondary N) is 3. The van der Waals surface area contributed by atoms with Gasteiger partial charge in [-0.3, -0.25) is 4.79 Å². The first-order chi connectivity index (χ1) is 10.5. The van der Waals surface area contributed by atoms with Crippen molar-refractivity contribution in [2.45, 2.75) is 46.2 Å². The molecule has 0 saturated heterocycles. The standard InChI is InChI=1S/C15H24N4O3/c1-5-10(3)17-13(20)11(4)18-15(21)19-12-8-7-9-16-14(12)22-6-2/h7-11H,5-6H2,1-4H3,(H,17,20)(H2,18,19,21)/t10-,11-/m1/s1. The second-order valence-electron chi connectivity index (χ2n) is 4.93. The highest BCUT2D eigenvalue weighted by molar-refractivity contribution is 5.94. The molecule has 1 rings (SSSR count). The molecule has 0 unspecified atom stereocenters. The Kier molecular flexibility index (Phi) is 7.15. The van der Waals surface area contributed by atoms with E-state index in [-0.39, 0.29) is 11.9 Å². The fourth-order valence-electron chi connectivity index (χ4n) is 1.63. The van der Waals surface area contributed by atoms with Crippen molar-refractivity contribution < 1.29 is 14.3 Å². The molecule has 1 heterocycles. The number of carbonyl (C=O) groups is 2. The second-order valence-corrected chi connectivity index (χ2v) is 4.93. The van der Waals surface area contributed by atoms with Crippen LogP contribution in [0.3, 0.4) is 0 Å². The molecule has 7 nitrogen and oxygen atoms in total. The Hall–Kier alpha value is -2.31. The van der Waals surface area contributed by atoms with Gasteiger partial charge >= 0.3 is 6.03 Å². The van der Waals surface area contributed by atoms with Crippen LogP contribution in [-0.4, -0.2) is 35.6 Å². The predicted octanol–water partition coefficient (Wildman–Crippen LogP) is 1.90. The molecule has 2 atom stereocenters. The lowest BCUT2D eigenvalue weighted by Crippen LogP contribution is -2.48. The number of hydrogen-bond acceptors (Lipinski definition) is 4. The van der Waals surface area contributed by atoms with E-state index >= 15 is 0 Å². The first-order valence-electron chi connectivity index (χ1n) is 7.43. The second kappa shape index (κ2) is 8.86. The molecule has 22 heavy (non-hydrogen) atoms. The molecule has 7 heteroatoms. The van der Waals surface area contributed by atoms with Crippen LogP contribution in [0.5, 0.6) is 5.88 Å². The molecule has 0 spiro atoms. The monoisotopic (exact) mass is 308 g/mol. The summed E-state index contributed by atoms with van der Waals surface area (Å²) in [6.45, 7) is 7.80. The maximum Gasteiger partial charge on any atom is 0.320 e. The zero-order chi connectivity index (χ0) is 16.5. The molecule has 0 aromatic carbocycles. The van der Waals surface area contributed by atoms with E-state index in [4.69, 9.17) is 4.74 Å². The molecule has 0 aliphatic carbocycles. The SMILES string of the molecule is CCOc1ncccc1NC(=O)N[C@H](C)C(=O)N[C@H](C)CC. The number of ether oxygens (including phenoxy) is 1. The van der Waals surface area contributed by atoms with Crippen molar-refractivity contribution in [1.29, 1.82) is 0 Å². The summed E-state index contributed by atoms with van der Waals surface area (Å²) in [6.07, 6.45) is 2.41. The first-order valence-corrected chi connectivity index (χ1v) is 7.43. The quantitative estimate of drug-likeness (QED) is 0.717. The minimum atomic E-state index is -0.638. The Balaban J connectivity index is 2.57. The Labute approximate surface area is 130 Å². The maximum absolute atomic E-state index is 12.0. The molecule has 122 valence electrons. The van der Waals surface area contributed by atoms with E-state index in [1.165, 1.54) is 0 Å². The van der Waals surface area contributed by atoms with Crippen LogP contribution < -0.4 is 20.7 Å². The lowest BCUT2D eigenvalue weighted by molar-refractivity contribution is -0.123. The first kappa shape index (κ1) is 17.7. The summed E-state index contributed by atoms with van der Waals surface area (Å²) in [6, 6.07) is 2.32. The highest BCUT2D eigenvalue weighted by atomic mass is 16.5. The van der Waals surface area contributed by atoms with Crippen LogP contribution in [0.15, 0.2) is 18.3 Å². The number of nitrogens with zero attached hydrogens (tertiary/aromatic N) is 1. The Morgan fingerprint density at radius 3 is 2.64 bits per heavy atom. The summed E-state index contributed by atoms with van der Waals surface area (Å²) < 4.78 is 5.32. The average molecular weight is 308 g/mol. The Morgan fingerprint density at radius 1 is 1.27 bits per heavy atom. The van der Waals surface area contributed by atoms with E-state index in [2.05, 4.69) is 20.9 Å². The molecule has 0 aliphatic heterocycles. The predicted molar refractivity (Wildman–Crippen MR) is 84.9 cm³/mol. The van der Waals surface area contributed by atoms with Crippen LogP contribution in [-0.2, 0) is 4.79 Å². The Bertz CT molecular complexity index is 507. The molecule has 0 bridgehead atoms. The van der Waals surface area contributed by atoms with Crippen molar-refractivity contribution in [2.24, 2.45) is 0 Å². The number of urea groups is 1. The van der Waals surface area contributed by atoms with Gasteiger partial charge in [0.25, 0.3) is 0 Å². The number of rotatable bonds is 7. The third-order valence-corrected chi connectivity index (χ3v) is 3.04. The van der Waals surface area contributed by atoms with Crippen molar-refractivity contribution in [2.75, 3.05) is 11.9 Å². The molecule has 3 amide bonds. The molecule has 1 aromatic heterocycles. The van der Waals surface area contributed by atoms with Crippen LogP contribution in [0.4, 0.5) is 10.5 Å². The molecule has 0 fully saturated rings. The maximum atomic E-state index is 12.0. The highest BCUT2D eigenvalue weighted by Crippen LogP contribution is 2.20. The summed E-state index contributed by atoms with van der Waals surface area (Å²) in [4.78, 5) is 27.9. The molecule has 0 radical (unpaired) electrons. The molecular formula is C15H24N4O3. The fourth-order valence-corrected chi connectivity index (χ4v) is 1.63. The normalized spacial score (nSPS) is 12.9. The van der Waals surface area contributed by atoms with Crippen molar-refractivity contribution in [3.05, 3.63) is 18.3 Å². The summed E-state index contributed by atoms with van der Waals surface area (Å²) in [5.41, 5.74) is 0.455. The van der Waals surface area contributed by atoms with Crippen LogP contribution in [0.1, 0.15) is 34.1 Å². The van der Waals surface area contributed by atoms with Crippen LogP contribution in [0.2, 0.25) is 0 Å². The molecule has 0 saturated carbocycles. The zero-order valence-corrected chi connectivity index (χ0v) is 13.5. The van der Waals surface area contributed by atoms with E-state index in [1.807, 2.05) is 20.8 Å². The summed E-state index contributed by atoms with van der Waals surface area (Å²) in [7, 11) is 0. The van der Waals surface area contributed by atoms with Crippen molar-refractivity contribution >= 4 is 17.6 Å². The van der Waals surface area contributed by atoms with Gasteiger partial charge in [-0.15, -0.1) is 0 Å². The summed E-state index contributed by atoms with van der Waals surface area (Å²) in [5, 5.41) is 8.02. The molecule has 0 aliphatic rings. The fraction of sp³-hybridized carbons (Fsp3) is 0.533. The number of aromatic nitrogens is 1. The van der Waals surface area contributed by atoms with Crippen molar-refractivity contribution in [3.63, 3.8) is 0 Å². The summed E-state index contributed by atoms with van der Waals surface area (Å²) >= 11 is 0. The van der Waals surface area contributed by atoms with E-state index in [1.54, 1.807) is 25.3 Å².